The molecule has 1 aliphatic heterocycles. The highest BCUT2D eigenvalue weighted by Crippen LogP contribution is 2.41. The number of nitrogens with one attached hydrogen (secondary N) is 1. The highest BCUT2D eigenvalue weighted by molar-refractivity contribution is 6.01. The lowest BCUT2D eigenvalue weighted by atomic mass is 10.0. The first-order valence-electron chi connectivity index (χ1n) is 16.5. The Morgan fingerprint density at radius 1 is 0.979 bits per heavy atom. The number of nitrogens with zero attached hydrogens (tertiary/aromatic N) is 4. The third kappa shape index (κ3) is 5.09. The van der Waals surface area contributed by atoms with Crippen molar-refractivity contribution in [1.82, 2.24) is 24.3 Å². The smallest absolute Gasteiger partial charge is 0.322 e. The Morgan fingerprint density at radius 3 is 2.42 bits per heavy atom. The van der Waals surface area contributed by atoms with Gasteiger partial charge >= 0.3 is 5.97 Å². The van der Waals surface area contributed by atoms with E-state index in [4.69, 9.17) is 20.6 Å². The molecule has 2 unspecified atom stereocenters. The summed E-state index contributed by atoms with van der Waals surface area (Å²) in [7, 11) is 3.62. The average molecular weight is 647 g/mol. The van der Waals surface area contributed by atoms with Crippen LogP contribution in [0.1, 0.15) is 46.4 Å². The lowest BCUT2D eigenvalue weighted by Gasteiger charge is -2.27. The number of ether oxygens (including phenoxy) is 1. The predicted molar refractivity (Wildman–Crippen MR) is 182 cm³/mol. The molecule has 8 rings (SSSR count). The number of hydrogen-bond donors (Lipinski definition) is 3. The van der Waals surface area contributed by atoms with E-state index in [1.54, 1.807) is 19.2 Å². The van der Waals surface area contributed by atoms with Crippen molar-refractivity contribution in [2.24, 2.45) is 24.6 Å². The molecule has 11 nitrogen and oxygen atoms in total. The van der Waals surface area contributed by atoms with Crippen molar-refractivity contribution in [1.29, 1.82) is 0 Å². The van der Waals surface area contributed by atoms with Gasteiger partial charge in [0.05, 0.1) is 18.3 Å². The Hall–Kier alpha value is -5.16. The predicted octanol–water partition coefficient (Wildman–Crippen LogP) is 4.66. The van der Waals surface area contributed by atoms with Gasteiger partial charge in [-0.3, -0.25) is 14.4 Å². The van der Waals surface area contributed by atoms with Gasteiger partial charge in [-0.25, -0.2) is 4.98 Å². The molecule has 3 fully saturated rings. The zero-order valence-electron chi connectivity index (χ0n) is 27.0. The van der Waals surface area contributed by atoms with Crippen LogP contribution < -0.4 is 15.8 Å². The Labute approximate surface area is 277 Å². The number of rotatable bonds is 9. The van der Waals surface area contributed by atoms with Crippen molar-refractivity contribution in [2.75, 3.05) is 20.2 Å². The van der Waals surface area contributed by atoms with E-state index in [0.29, 0.717) is 40.8 Å². The molecule has 3 heterocycles. The minimum atomic E-state index is -1.09. The highest BCUT2D eigenvalue weighted by atomic mass is 16.5. The Kier molecular flexibility index (Phi) is 7.24. The molecular weight excluding hydrogens is 608 g/mol. The van der Waals surface area contributed by atoms with Gasteiger partial charge < -0.3 is 34.9 Å². The second-order valence-electron chi connectivity index (χ2n) is 13.5. The summed E-state index contributed by atoms with van der Waals surface area (Å²) in [5.74, 6) is 0.843. The minimum absolute atomic E-state index is 0.0191. The second-order valence-corrected chi connectivity index (χ2v) is 13.5. The molecular formula is C37H38N6O5. The zero-order valence-corrected chi connectivity index (χ0v) is 27.0. The quantitative estimate of drug-likeness (QED) is 0.211. The van der Waals surface area contributed by atoms with Gasteiger partial charge in [0.15, 0.2) is 5.82 Å². The SMILES string of the molecule is COc1cc(C(=O)N2CC3CCC2[C@@H]3N)cc2nc(-c3cc4ccc(-c5ccc(C(=O)NCC(=O)O)cc5)cc4n3CC3CC3)n(C)c12. The molecule has 2 bridgehead atoms. The Morgan fingerprint density at radius 2 is 1.75 bits per heavy atom. The summed E-state index contributed by atoms with van der Waals surface area (Å²) in [5, 5.41) is 12.4. The number of amides is 2. The molecule has 2 amide bonds. The van der Waals surface area contributed by atoms with Gasteiger partial charge in [0.2, 0.25) is 0 Å². The third-order valence-electron chi connectivity index (χ3n) is 10.5. The molecule has 246 valence electrons. The van der Waals surface area contributed by atoms with Crippen LogP contribution in [0, 0.1) is 11.8 Å². The van der Waals surface area contributed by atoms with E-state index >= 15 is 0 Å². The van der Waals surface area contributed by atoms with E-state index in [9.17, 15) is 14.4 Å². The summed E-state index contributed by atoms with van der Waals surface area (Å²) in [6, 6.07) is 19.6. The Balaban J connectivity index is 1.16. The number of methoxy groups -OCH3 is 1. The number of likely N-dealkylation sites (tertiary alicyclic amines) is 1. The van der Waals surface area contributed by atoms with E-state index in [2.05, 4.69) is 38.7 Å². The lowest BCUT2D eigenvalue weighted by Crippen LogP contribution is -2.41. The van der Waals surface area contributed by atoms with E-state index in [-0.39, 0.29) is 18.0 Å². The summed E-state index contributed by atoms with van der Waals surface area (Å²) >= 11 is 0. The van der Waals surface area contributed by atoms with Crippen LogP contribution in [-0.2, 0) is 18.4 Å². The molecule has 48 heavy (non-hydrogen) atoms. The number of carbonyl (C=O) groups is 3. The number of hydrogen-bond acceptors (Lipinski definition) is 6. The molecule has 2 aromatic heterocycles. The molecule has 0 radical (unpaired) electrons. The molecule has 11 heteroatoms. The minimum Gasteiger partial charge on any atom is -0.494 e. The molecule has 5 aromatic rings. The maximum atomic E-state index is 13.7. The van der Waals surface area contributed by atoms with Gasteiger partial charge in [0.25, 0.3) is 11.8 Å². The number of aryl methyl sites for hydroxylation is 1. The zero-order chi connectivity index (χ0) is 33.3. The van der Waals surface area contributed by atoms with Crippen molar-refractivity contribution >= 4 is 39.7 Å². The third-order valence-corrected chi connectivity index (χ3v) is 10.5. The summed E-state index contributed by atoms with van der Waals surface area (Å²) in [5.41, 5.74) is 13.0. The van der Waals surface area contributed by atoms with Crippen molar-refractivity contribution in [3.05, 3.63) is 71.8 Å². The maximum Gasteiger partial charge on any atom is 0.322 e. The van der Waals surface area contributed by atoms with Crippen LogP contribution in [0.2, 0.25) is 0 Å². The van der Waals surface area contributed by atoms with Gasteiger partial charge in [-0.15, -0.1) is 0 Å². The van der Waals surface area contributed by atoms with Crippen LogP contribution in [0.3, 0.4) is 0 Å². The number of imidazole rings is 1. The average Bonchev–Trinajstić information content (AvgIpc) is 3.50. The molecule has 2 aliphatic carbocycles. The summed E-state index contributed by atoms with van der Waals surface area (Å²) in [4.78, 5) is 44.0. The Bertz CT molecular complexity index is 2110. The molecule has 4 N–H and O–H groups in total. The first kappa shape index (κ1) is 30.2. The second kappa shape index (κ2) is 11.5. The number of benzene rings is 3. The van der Waals surface area contributed by atoms with E-state index < -0.39 is 18.4 Å². The number of carboxylic acids is 1. The van der Waals surface area contributed by atoms with E-state index in [0.717, 1.165) is 58.5 Å². The van der Waals surface area contributed by atoms with Crippen LogP contribution in [0.25, 0.3) is 44.6 Å². The summed E-state index contributed by atoms with van der Waals surface area (Å²) in [6.07, 6.45) is 4.41. The van der Waals surface area contributed by atoms with Crippen LogP contribution in [-0.4, -0.2) is 74.2 Å². The van der Waals surface area contributed by atoms with Crippen molar-refractivity contribution in [3.8, 4) is 28.4 Å². The van der Waals surface area contributed by atoms with Crippen molar-refractivity contribution in [3.63, 3.8) is 0 Å². The highest BCUT2D eigenvalue weighted by Gasteiger charge is 2.47. The van der Waals surface area contributed by atoms with Gasteiger partial charge in [-0.1, -0.05) is 24.3 Å². The fourth-order valence-corrected chi connectivity index (χ4v) is 7.71. The maximum absolute atomic E-state index is 13.7. The topological polar surface area (TPSA) is 145 Å². The number of fused-ring (bicyclic) bond motifs is 4. The van der Waals surface area contributed by atoms with Gasteiger partial charge in [-0.05, 0) is 85.0 Å². The molecule has 3 aliphatic rings. The molecule has 3 atom stereocenters. The van der Waals surface area contributed by atoms with Crippen LogP contribution in [0.15, 0.2) is 60.7 Å². The first-order chi connectivity index (χ1) is 23.2. The van der Waals surface area contributed by atoms with Gasteiger partial charge in [0.1, 0.15) is 17.8 Å². The fraction of sp³-hybridized carbons (Fsp3) is 0.351. The van der Waals surface area contributed by atoms with Crippen LogP contribution in [0.4, 0.5) is 0 Å². The lowest BCUT2D eigenvalue weighted by molar-refractivity contribution is -0.135. The number of piperidine rings is 1. The number of aromatic nitrogens is 3. The van der Waals surface area contributed by atoms with Crippen molar-refractivity contribution in [2.45, 2.75) is 44.3 Å². The van der Waals surface area contributed by atoms with Gasteiger partial charge in [-0.2, -0.15) is 0 Å². The summed E-state index contributed by atoms with van der Waals surface area (Å²) < 4.78 is 10.3. The van der Waals surface area contributed by atoms with E-state index in [1.807, 2.05) is 36.2 Å². The monoisotopic (exact) mass is 646 g/mol. The molecule has 2 saturated carbocycles. The van der Waals surface area contributed by atoms with E-state index in [1.165, 1.54) is 12.8 Å². The van der Waals surface area contributed by atoms with Crippen molar-refractivity contribution < 1.29 is 24.2 Å². The van der Waals surface area contributed by atoms with Gasteiger partial charge in [0, 0.05) is 54.3 Å². The van der Waals surface area contributed by atoms with Crippen LogP contribution >= 0.6 is 0 Å². The molecule has 0 spiro atoms. The number of carboxylic acid groups (broad SMARTS) is 1. The number of aliphatic carboxylic acids is 1. The molecule has 3 aromatic carbocycles. The number of nitrogens with two attached hydrogens (primary N) is 1. The summed E-state index contributed by atoms with van der Waals surface area (Å²) in [6.45, 7) is 1.14. The molecule has 1 saturated heterocycles. The van der Waals surface area contributed by atoms with Crippen LogP contribution in [0.5, 0.6) is 5.75 Å². The standard InChI is InChI=1S/C37H38N6O5/c1-41-34-27(13-26(16-31(34)48-2)37(47)43-19-25-11-12-28(43)33(25)38)40-35(41)30-15-24-10-9-23(14-29(24)42(30)18-20-3-4-20)21-5-7-22(8-6-21)36(46)39-17-32(44)45/h5-10,13-16,20,25,28,33H,3-4,11-12,17-19,38H2,1-2H3,(H,39,46)(H,44,45)/t25?,28?,33-/m1/s1. The largest absolute Gasteiger partial charge is 0.494 e. The first-order valence-corrected chi connectivity index (χ1v) is 16.5. The normalized spacial score (nSPS) is 20.1. The number of carbonyl (C=O) groups excluding carboxylic acids is 2. The fourth-order valence-electron chi connectivity index (χ4n) is 7.71.